The van der Waals surface area contributed by atoms with Gasteiger partial charge in [-0.15, -0.1) is 19.7 Å². The van der Waals surface area contributed by atoms with Crippen molar-refractivity contribution < 1.29 is 0 Å². The van der Waals surface area contributed by atoms with Crippen LogP contribution in [0.15, 0.2) is 61.3 Å². The highest BCUT2D eigenvalue weighted by Gasteiger charge is 2.06. The Morgan fingerprint density at radius 1 is 0.655 bits per heavy atom. The first-order valence-corrected chi connectivity index (χ1v) is 12.4. The molecule has 0 N–H and O–H groups in total. The molecule has 0 fully saturated rings. The minimum atomic E-state index is 0.743. The fraction of sp³-hybridized carbons (Fsp3) is 0.655. The number of unbranched alkanes of at least 4 members (excludes halogenated alkanes) is 7. The highest BCUT2D eigenvalue weighted by Crippen LogP contribution is 2.24. The van der Waals surface area contributed by atoms with Gasteiger partial charge in [-0.05, 0) is 95.8 Å². The summed E-state index contributed by atoms with van der Waals surface area (Å²) in [5.41, 5.74) is 3.36. The van der Waals surface area contributed by atoms with E-state index in [-0.39, 0.29) is 0 Å². The second-order valence-electron chi connectivity index (χ2n) is 8.63. The molecule has 29 heavy (non-hydrogen) atoms. The molecule has 0 bridgehead atoms. The Morgan fingerprint density at radius 3 is 1.79 bits per heavy atom. The normalized spacial score (nSPS) is 13.3. The third-order valence-electron chi connectivity index (χ3n) is 5.63. The summed E-state index contributed by atoms with van der Waals surface area (Å²) in [5, 5.41) is 0. The van der Waals surface area contributed by atoms with E-state index in [0.29, 0.717) is 0 Å². The largest absolute Gasteiger partial charge is 0.103 e. The monoisotopic (exact) mass is 398 g/mol. The maximum absolute atomic E-state index is 3.86. The molecule has 0 aromatic heterocycles. The van der Waals surface area contributed by atoms with Crippen LogP contribution in [0.5, 0.6) is 0 Å². The molecule has 0 aliphatic rings. The molecule has 1 unspecified atom stereocenters. The number of hydrogen-bond acceptors (Lipinski definition) is 0. The zero-order valence-corrected chi connectivity index (χ0v) is 19.9. The van der Waals surface area contributed by atoms with E-state index in [1.165, 1.54) is 83.5 Å². The molecule has 0 saturated heterocycles. The van der Waals surface area contributed by atoms with Gasteiger partial charge >= 0.3 is 0 Å². The van der Waals surface area contributed by atoms with E-state index in [2.05, 4.69) is 51.8 Å². The molecule has 0 heteroatoms. The molecule has 0 spiro atoms. The fourth-order valence-corrected chi connectivity index (χ4v) is 3.91. The van der Waals surface area contributed by atoms with Gasteiger partial charge in [-0.1, -0.05) is 68.2 Å². The lowest BCUT2D eigenvalue weighted by molar-refractivity contribution is 0.561. The average molecular weight is 399 g/mol. The van der Waals surface area contributed by atoms with Crippen molar-refractivity contribution in [2.45, 2.75) is 117 Å². The lowest BCUT2D eigenvalue weighted by atomic mass is 9.92. The van der Waals surface area contributed by atoms with E-state index in [9.17, 15) is 0 Å². The number of allylic oxidation sites excluding steroid dienone is 7. The molecule has 0 aromatic carbocycles. The van der Waals surface area contributed by atoms with Gasteiger partial charge in [-0.25, -0.2) is 0 Å². The Balaban J connectivity index is 4.53. The van der Waals surface area contributed by atoms with Crippen LogP contribution in [0.1, 0.15) is 117 Å². The van der Waals surface area contributed by atoms with Crippen molar-refractivity contribution in [1.82, 2.24) is 0 Å². The van der Waals surface area contributed by atoms with E-state index in [4.69, 9.17) is 0 Å². The summed E-state index contributed by atoms with van der Waals surface area (Å²) < 4.78 is 0. The van der Waals surface area contributed by atoms with Crippen molar-refractivity contribution in [2.24, 2.45) is 5.92 Å². The van der Waals surface area contributed by atoms with Gasteiger partial charge in [-0.2, -0.15) is 0 Å². The summed E-state index contributed by atoms with van der Waals surface area (Å²) >= 11 is 0. The Bertz CT molecular complexity index is 462. The predicted molar refractivity (Wildman–Crippen MR) is 135 cm³/mol. The summed E-state index contributed by atoms with van der Waals surface area (Å²) in [7, 11) is 0. The van der Waals surface area contributed by atoms with Crippen LogP contribution in [0, 0.1) is 5.92 Å². The van der Waals surface area contributed by atoms with Crippen LogP contribution in [0.3, 0.4) is 0 Å². The van der Waals surface area contributed by atoms with Gasteiger partial charge in [0.05, 0.1) is 0 Å². The summed E-state index contributed by atoms with van der Waals surface area (Å²) in [5.74, 6) is 0.743. The summed E-state index contributed by atoms with van der Waals surface area (Å²) in [4.78, 5) is 0. The molecule has 0 nitrogen and oxygen atoms in total. The van der Waals surface area contributed by atoms with E-state index in [1.807, 2.05) is 12.2 Å². The molecule has 0 rings (SSSR count). The minimum Gasteiger partial charge on any atom is -0.103 e. The fourth-order valence-electron chi connectivity index (χ4n) is 3.91. The van der Waals surface area contributed by atoms with E-state index in [0.717, 1.165) is 25.2 Å². The van der Waals surface area contributed by atoms with Crippen LogP contribution in [-0.4, -0.2) is 0 Å². The molecule has 0 heterocycles. The van der Waals surface area contributed by atoms with Crippen molar-refractivity contribution in [3.8, 4) is 0 Å². The first-order chi connectivity index (χ1) is 14.2. The molecular weight excluding hydrogens is 348 g/mol. The van der Waals surface area contributed by atoms with Crippen molar-refractivity contribution >= 4 is 0 Å². The highest BCUT2D eigenvalue weighted by atomic mass is 14.1. The molecule has 0 radical (unpaired) electrons. The van der Waals surface area contributed by atoms with Gasteiger partial charge in [0.2, 0.25) is 0 Å². The first-order valence-electron chi connectivity index (χ1n) is 12.4. The predicted octanol–water partition coefficient (Wildman–Crippen LogP) is 10.3. The Labute approximate surface area is 184 Å². The average Bonchev–Trinajstić information content (AvgIpc) is 2.71. The maximum atomic E-state index is 3.86. The Kier molecular flexibility index (Phi) is 20.5. The molecule has 0 aliphatic carbocycles. The van der Waals surface area contributed by atoms with Crippen molar-refractivity contribution in [3.63, 3.8) is 0 Å². The summed E-state index contributed by atoms with van der Waals surface area (Å²) in [6.45, 7) is 16.2. The zero-order chi connectivity index (χ0) is 21.6. The topological polar surface area (TPSA) is 0 Å². The molecule has 1 atom stereocenters. The van der Waals surface area contributed by atoms with Gasteiger partial charge in [-0.3, -0.25) is 0 Å². The van der Waals surface area contributed by atoms with Gasteiger partial charge in [0, 0.05) is 0 Å². The standard InChI is InChI=1S/C29H50/c1-6-10-13-15-16-19-22-28(21-18-14-11-7-2)25-24-27(5)26-29(20-9-4)23-17-12-8-3/h6-8,20,25,27H,1-3,9-19,21-24,26H2,4-5H3. The molecule has 0 amide bonds. The third kappa shape index (κ3) is 18.5. The molecule has 0 saturated carbocycles. The van der Waals surface area contributed by atoms with E-state index >= 15 is 0 Å². The number of hydrogen-bond donors (Lipinski definition) is 0. The lowest BCUT2D eigenvalue weighted by Gasteiger charge is -2.14. The van der Waals surface area contributed by atoms with Crippen LogP contribution in [0.4, 0.5) is 0 Å². The second kappa shape index (κ2) is 21.4. The first kappa shape index (κ1) is 27.7. The quantitative estimate of drug-likeness (QED) is 0.133. The highest BCUT2D eigenvalue weighted by molar-refractivity contribution is 5.06. The molecule has 0 aromatic rings. The zero-order valence-electron chi connectivity index (χ0n) is 19.9. The second-order valence-corrected chi connectivity index (χ2v) is 8.63. The van der Waals surface area contributed by atoms with Crippen LogP contribution >= 0.6 is 0 Å². The van der Waals surface area contributed by atoms with E-state index in [1.54, 1.807) is 11.1 Å². The number of rotatable bonds is 21. The summed E-state index contributed by atoms with van der Waals surface area (Å²) in [6, 6.07) is 0. The third-order valence-corrected chi connectivity index (χ3v) is 5.63. The minimum absolute atomic E-state index is 0.743. The van der Waals surface area contributed by atoms with Gasteiger partial charge in [0.25, 0.3) is 0 Å². The lowest BCUT2D eigenvalue weighted by Crippen LogP contribution is -1.98. The van der Waals surface area contributed by atoms with Gasteiger partial charge in [0.15, 0.2) is 0 Å². The molecule has 0 aliphatic heterocycles. The van der Waals surface area contributed by atoms with Gasteiger partial charge in [0.1, 0.15) is 0 Å². The van der Waals surface area contributed by atoms with Crippen LogP contribution in [0.2, 0.25) is 0 Å². The van der Waals surface area contributed by atoms with Crippen LogP contribution < -0.4 is 0 Å². The SMILES string of the molecule is C=CCCCCCCC(=CCC(C)CC(=CCC)CCCC=C)CCCCC=C. The van der Waals surface area contributed by atoms with Crippen molar-refractivity contribution in [3.05, 3.63) is 61.3 Å². The van der Waals surface area contributed by atoms with Crippen molar-refractivity contribution in [1.29, 1.82) is 0 Å². The molecular formula is C29H50. The Hall–Kier alpha value is -1.30. The van der Waals surface area contributed by atoms with Crippen LogP contribution in [0.25, 0.3) is 0 Å². The summed E-state index contributed by atoms with van der Waals surface area (Å²) in [6.07, 6.45) is 31.3. The van der Waals surface area contributed by atoms with Gasteiger partial charge < -0.3 is 0 Å². The maximum Gasteiger partial charge on any atom is -0.0291 e. The van der Waals surface area contributed by atoms with Crippen LogP contribution in [-0.2, 0) is 0 Å². The molecule has 166 valence electrons. The van der Waals surface area contributed by atoms with Crippen molar-refractivity contribution in [2.75, 3.05) is 0 Å². The Morgan fingerprint density at radius 2 is 1.17 bits per heavy atom. The van der Waals surface area contributed by atoms with E-state index < -0.39 is 0 Å². The smallest absolute Gasteiger partial charge is 0.0291 e.